The Bertz CT molecular complexity index is 305. The molecule has 2 rings (SSSR count). The van der Waals surface area contributed by atoms with E-state index in [9.17, 15) is 0 Å². The molecule has 0 spiro atoms. The van der Waals surface area contributed by atoms with E-state index < -0.39 is 0 Å². The standard InChI is InChI=1S/C18H36N2/c1-13(2)16-11-19-17(18(4,5)6)12-20(16)15-10-8-7-9-14(15)3/h13-17,19H,7-12H2,1-6H3. The van der Waals surface area contributed by atoms with Gasteiger partial charge in [0.15, 0.2) is 0 Å². The second-order valence-corrected chi connectivity index (χ2v) is 8.66. The van der Waals surface area contributed by atoms with Crippen LogP contribution in [-0.2, 0) is 0 Å². The molecule has 118 valence electrons. The van der Waals surface area contributed by atoms with Crippen molar-refractivity contribution >= 4 is 0 Å². The van der Waals surface area contributed by atoms with Gasteiger partial charge in [0.1, 0.15) is 0 Å². The lowest BCUT2D eigenvalue weighted by Crippen LogP contribution is -2.65. The summed E-state index contributed by atoms with van der Waals surface area (Å²) in [4.78, 5) is 2.89. The van der Waals surface area contributed by atoms with Crippen LogP contribution < -0.4 is 5.32 Å². The summed E-state index contributed by atoms with van der Waals surface area (Å²) >= 11 is 0. The number of hydrogen-bond acceptors (Lipinski definition) is 2. The molecule has 2 heteroatoms. The van der Waals surface area contributed by atoms with Crippen LogP contribution >= 0.6 is 0 Å². The molecule has 1 aliphatic heterocycles. The highest BCUT2D eigenvalue weighted by atomic mass is 15.3. The molecule has 1 aliphatic carbocycles. The third kappa shape index (κ3) is 3.57. The Balaban J connectivity index is 2.14. The van der Waals surface area contributed by atoms with Gasteiger partial charge < -0.3 is 5.32 Å². The average molecular weight is 280 g/mol. The fraction of sp³-hybridized carbons (Fsp3) is 1.00. The quantitative estimate of drug-likeness (QED) is 0.825. The van der Waals surface area contributed by atoms with Crippen LogP contribution in [0.15, 0.2) is 0 Å². The van der Waals surface area contributed by atoms with Gasteiger partial charge in [-0.3, -0.25) is 4.90 Å². The molecule has 0 aromatic rings. The van der Waals surface area contributed by atoms with E-state index in [1.165, 1.54) is 38.8 Å². The van der Waals surface area contributed by atoms with Crippen LogP contribution in [-0.4, -0.2) is 36.1 Å². The van der Waals surface area contributed by atoms with Crippen molar-refractivity contribution in [3.05, 3.63) is 0 Å². The van der Waals surface area contributed by atoms with Crippen LogP contribution in [0.1, 0.15) is 67.2 Å². The maximum atomic E-state index is 3.83. The third-order valence-electron chi connectivity index (χ3n) is 5.70. The van der Waals surface area contributed by atoms with Gasteiger partial charge in [-0.05, 0) is 30.1 Å². The highest BCUT2D eigenvalue weighted by molar-refractivity contribution is 4.97. The van der Waals surface area contributed by atoms with Gasteiger partial charge in [-0.1, -0.05) is 54.4 Å². The van der Waals surface area contributed by atoms with Crippen LogP contribution in [0.2, 0.25) is 0 Å². The minimum absolute atomic E-state index is 0.359. The van der Waals surface area contributed by atoms with E-state index in [4.69, 9.17) is 0 Å². The molecule has 4 atom stereocenters. The molecule has 1 saturated carbocycles. The molecule has 2 aliphatic rings. The predicted molar refractivity (Wildman–Crippen MR) is 88.0 cm³/mol. The Kier molecular flexibility index (Phi) is 5.18. The summed E-state index contributed by atoms with van der Waals surface area (Å²) in [6, 6.07) is 2.17. The van der Waals surface area contributed by atoms with Gasteiger partial charge in [-0.25, -0.2) is 0 Å². The third-order valence-corrected chi connectivity index (χ3v) is 5.70. The maximum absolute atomic E-state index is 3.83. The van der Waals surface area contributed by atoms with Crippen LogP contribution in [0.3, 0.4) is 0 Å². The second kappa shape index (κ2) is 6.36. The van der Waals surface area contributed by atoms with Crippen molar-refractivity contribution in [2.75, 3.05) is 13.1 Å². The van der Waals surface area contributed by atoms with Gasteiger partial charge in [0.2, 0.25) is 0 Å². The molecule has 1 heterocycles. The number of nitrogens with zero attached hydrogens (tertiary/aromatic N) is 1. The zero-order chi connectivity index (χ0) is 14.9. The molecule has 2 fully saturated rings. The Morgan fingerprint density at radius 1 is 1.10 bits per heavy atom. The Morgan fingerprint density at radius 2 is 1.75 bits per heavy atom. The number of piperazine rings is 1. The Morgan fingerprint density at radius 3 is 2.30 bits per heavy atom. The molecule has 2 nitrogen and oxygen atoms in total. The first-order chi connectivity index (χ1) is 9.30. The zero-order valence-corrected chi connectivity index (χ0v) is 14.6. The molecule has 4 unspecified atom stereocenters. The minimum Gasteiger partial charge on any atom is -0.311 e. The summed E-state index contributed by atoms with van der Waals surface area (Å²) < 4.78 is 0. The minimum atomic E-state index is 0.359. The lowest BCUT2D eigenvalue weighted by atomic mass is 9.79. The summed E-state index contributed by atoms with van der Waals surface area (Å²) in [6.07, 6.45) is 5.73. The fourth-order valence-corrected chi connectivity index (χ4v) is 4.16. The molecule has 20 heavy (non-hydrogen) atoms. The number of hydrogen-bond donors (Lipinski definition) is 1. The van der Waals surface area contributed by atoms with Gasteiger partial charge in [0, 0.05) is 31.2 Å². The van der Waals surface area contributed by atoms with Crippen LogP contribution in [0.25, 0.3) is 0 Å². The van der Waals surface area contributed by atoms with Crippen molar-refractivity contribution in [2.24, 2.45) is 17.3 Å². The van der Waals surface area contributed by atoms with E-state index in [-0.39, 0.29) is 0 Å². The predicted octanol–water partition coefficient (Wildman–Crippen LogP) is 3.91. The first kappa shape index (κ1) is 16.3. The second-order valence-electron chi connectivity index (χ2n) is 8.66. The van der Waals surface area contributed by atoms with Gasteiger partial charge in [0.25, 0.3) is 0 Å². The van der Waals surface area contributed by atoms with E-state index in [0.29, 0.717) is 11.5 Å². The van der Waals surface area contributed by atoms with Crippen molar-refractivity contribution in [1.82, 2.24) is 10.2 Å². The Hall–Kier alpha value is -0.0800. The fourth-order valence-electron chi connectivity index (χ4n) is 4.16. The first-order valence-electron chi connectivity index (χ1n) is 8.80. The molecule has 0 radical (unpaired) electrons. The van der Waals surface area contributed by atoms with Gasteiger partial charge in [-0.15, -0.1) is 0 Å². The summed E-state index contributed by atoms with van der Waals surface area (Å²) in [5.41, 5.74) is 0.359. The number of nitrogens with one attached hydrogen (secondary N) is 1. The molecule has 1 saturated heterocycles. The SMILES string of the molecule is CC(C)C1CNC(C(C)(C)C)CN1C1CCCCC1C. The van der Waals surface area contributed by atoms with Crippen molar-refractivity contribution < 1.29 is 0 Å². The normalized spacial score (nSPS) is 37.4. The van der Waals surface area contributed by atoms with E-state index in [2.05, 4.69) is 51.8 Å². The van der Waals surface area contributed by atoms with Crippen molar-refractivity contribution in [3.8, 4) is 0 Å². The van der Waals surface area contributed by atoms with Gasteiger partial charge in [-0.2, -0.15) is 0 Å². The van der Waals surface area contributed by atoms with Gasteiger partial charge in [0.05, 0.1) is 0 Å². The molecule has 0 bridgehead atoms. The zero-order valence-electron chi connectivity index (χ0n) is 14.6. The molecular formula is C18H36N2. The average Bonchev–Trinajstić information content (AvgIpc) is 2.37. The highest BCUT2D eigenvalue weighted by Crippen LogP contribution is 2.34. The lowest BCUT2D eigenvalue weighted by Gasteiger charge is -2.51. The Labute approximate surface area is 126 Å². The lowest BCUT2D eigenvalue weighted by molar-refractivity contribution is -0.00233. The number of rotatable bonds is 2. The molecule has 1 N–H and O–H groups in total. The van der Waals surface area contributed by atoms with Crippen LogP contribution in [0, 0.1) is 17.3 Å². The van der Waals surface area contributed by atoms with Gasteiger partial charge >= 0.3 is 0 Å². The van der Waals surface area contributed by atoms with E-state index >= 15 is 0 Å². The van der Waals surface area contributed by atoms with Crippen molar-refractivity contribution in [1.29, 1.82) is 0 Å². The summed E-state index contributed by atoms with van der Waals surface area (Å²) in [5.74, 6) is 1.63. The topological polar surface area (TPSA) is 15.3 Å². The van der Waals surface area contributed by atoms with Crippen LogP contribution in [0.5, 0.6) is 0 Å². The van der Waals surface area contributed by atoms with E-state index in [0.717, 1.165) is 23.9 Å². The smallest absolute Gasteiger partial charge is 0.0247 e. The maximum Gasteiger partial charge on any atom is 0.0247 e. The van der Waals surface area contributed by atoms with Crippen molar-refractivity contribution in [2.45, 2.75) is 85.4 Å². The molecular weight excluding hydrogens is 244 g/mol. The molecule has 0 aromatic heterocycles. The van der Waals surface area contributed by atoms with E-state index in [1.807, 2.05) is 0 Å². The monoisotopic (exact) mass is 280 g/mol. The van der Waals surface area contributed by atoms with Crippen molar-refractivity contribution in [3.63, 3.8) is 0 Å². The van der Waals surface area contributed by atoms with E-state index in [1.54, 1.807) is 0 Å². The largest absolute Gasteiger partial charge is 0.311 e. The summed E-state index contributed by atoms with van der Waals surface area (Å²) in [5, 5.41) is 3.83. The van der Waals surface area contributed by atoms with Crippen LogP contribution in [0.4, 0.5) is 0 Å². The highest BCUT2D eigenvalue weighted by Gasteiger charge is 2.40. The summed E-state index contributed by atoms with van der Waals surface area (Å²) in [7, 11) is 0. The molecule has 0 aromatic carbocycles. The summed E-state index contributed by atoms with van der Waals surface area (Å²) in [6.45, 7) is 16.8. The first-order valence-corrected chi connectivity index (χ1v) is 8.80. The molecule has 0 amide bonds.